The summed E-state index contributed by atoms with van der Waals surface area (Å²) in [5.74, 6) is 1.86. The minimum absolute atomic E-state index is 0.864. The lowest BCUT2D eigenvalue weighted by Gasteiger charge is -2.26. The van der Waals surface area contributed by atoms with Crippen molar-refractivity contribution in [2.45, 2.75) is 0 Å². The van der Waals surface area contributed by atoms with Gasteiger partial charge in [0.05, 0.1) is 26.4 Å². The van der Waals surface area contributed by atoms with Crippen LogP contribution in [0.5, 0.6) is 11.5 Å². The van der Waals surface area contributed by atoms with Crippen molar-refractivity contribution < 1.29 is 9.15 Å². The average molecular weight is 503 g/mol. The second-order valence-corrected chi connectivity index (χ2v) is 12.2. The van der Waals surface area contributed by atoms with E-state index in [2.05, 4.69) is 108 Å². The fourth-order valence-electron chi connectivity index (χ4n) is 6.78. The highest BCUT2D eigenvalue weighted by Gasteiger charge is 2.28. The van der Waals surface area contributed by atoms with Crippen molar-refractivity contribution >= 4 is 77.2 Å². The van der Waals surface area contributed by atoms with Gasteiger partial charge in [-0.05, 0) is 58.6 Å². The first-order valence-corrected chi connectivity index (χ1v) is 14.2. The molecule has 1 aliphatic rings. The summed E-state index contributed by atoms with van der Waals surface area (Å²) in [6.45, 7) is 0. The van der Waals surface area contributed by atoms with Crippen LogP contribution in [0.15, 0.2) is 114 Å². The van der Waals surface area contributed by atoms with Crippen molar-refractivity contribution in [3.05, 3.63) is 109 Å². The lowest BCUT2D eigenvalue weighted by Crippen LogP contribution is -2.03. The molecule has 38 heavy (non-hydrogen) atoms. The van der Waals surface area contributed by atoms with Gasteiger partial charge < -0.3 is 13.7 Å². The van der Waals surface area contributed by atoms with E-state index in [0.29, 0.717) is 0 Å². The van der Waals surface area contributed by atoms with Gasteiger partial charge in [0.2, 0.25) is 0 Å². The first-order chi connectivity index (χ1) is 18.9. The largest absolute Gasteiger partial charge is 0.455 e. The SMILES string of the molecule is c1ccc(-n2c3cccc4c3p3c5c(cccc5oc5c6ccc7cccc8ccc(c6c78)c2c53)O4)cc1. The number of ether oxygens (including phenoxy) is 1. The van der Waals surface area contributed by atoms with E-state index in [9.17, 15) is 0 Å². The number of nitrogens with zero attached hydrogens (tertiary/aromatic N) is 1. The summed E-state index contributed by atoms with van der Waals surface area (Å²) in [7, 11) is -0.864. The molecule has 0 amide bonds. The molecule has 0 radical (unpaired) electrons. The van der Waals surface area contributed by atoms with Crippen LogP contribution in [0.2, 0.25) is 0 Å². The minimum atomic E-state index is -0.864. The van der Waals surface area contributed by atoms with Crippen molar-refractivity contribution in [3.8, 4) is 17.2 Å². The Balaban J connectivity index is 1.66. The van der Waals surface area contributed by atoms with Crippen LogP contribution in [0, 0.1) is 0 Å². The van der Waals surface area contributed by atoms with Crippen LogP contribution in [0.4, 0.5) is 0 Å². The quantitative estimate of drug-likeness (QED) is 0.165. The van der Waals surface area contributed by atoms with Crippen LogP contribution in [0.1, 0.15) is 0 Å². The Morgan fingerprint density at radius 2 is 1.29 bits per heavy atom. The first-order valence-electron chi connectivity index (χ1n) is 12.9. The molecule has 9 aromatic rings. The van der Waals surface area contributed by atoms with Gasteiger partial charge in [-0.15, -0.1) is 0 Å². The number of para-hydroxylation sites is 1. The molecule has 3 nitrogen and oxygen atoms in total. The molecule has 10 rings (SSSR count). The third-order valence-corrected chi connectivity index (χ3v) is 10.9. The van der Waals surface area contributed by atoms with Gasteiger partial charge >= 0.3 is 0 Å². The highest BCUT2D eigenvalue weighted by Crippen LogP contribution is 2.61. The molecule has 2 aromatic heterocycles. The molecule has 1 aliphatic heterocycles. The Morgan fingerprint density at radius 1 is 0.553 bits per heavy atom. The summed E-state index contributed by atoms with van der Waals surface area (Å²) in [5.41, 5.74) is 5.46. The molecule has 0 N–H and O–H groups in total. The number of fused-ring (bicyclic) bond motifs is 2. The van der Waals surface area contributed by atoms with Crippen LogP contribution >= 0.6 is 7.34 Å². The summed E-state index contributed by atoms with van der Waals surface area (Å²) < 4.78 is 15.9. The van der Waals surface area contributed by atoms with Gasteiger partial charge in [0.25, 0.3) is 0 Å². The number of hydrogen-bond acceptors (Lipinski definition) is 2. The fraction of sp³-hybridized carbons (Fsp3) is 0. The Morgan fingerprint density at radius 3 is 2.13 bits per heavy atom. The van der Waals surface area contributed by atoms with E-state index >= 15 is 0 Å². The van der Waals surface area contributed by atoms with Gasteiger partial charge in [0.1, 0.15) is 22.7 Å². The van der Waals surface area contributed by atoms with Crippen molar-refractivity contribution in [3.63, 3.8) is 0 Å². The molecule has 7 aromatic carbocycles. The van der Waals surface area contributed by atoms with E-state index in [1.54, 1.807) is 0 Å². The van der Waals surface area contributed by atoms with E-state index in [1.165, 1.54) is 58.7 Å². The summed E-state index contributed by atoms with van der Waals surface area (Å²) in [5, 5.41) is 11.3. The molecule has 0 bridgehead atoms. The Hall–Kier alpha value is -4.72. The standard InChI is InChI=1S/C34H18NO2P/c1-2-9-21(10-3-1)35-24-11-5-12-25-32(24)38-33-26(36-25)13-6-14-27(33)37-31-23-18-16-20-8-4-7-19-15-17-22(29(23)28(19)20)30(35)34(31)38/h1-18H. The van der Waals surface area contributed by atoms with Crippen LogP contribution in [0.25, 0.3) is 75.6 Å². The normalized spacial score (nSPS) is 13.4. The predicted octanol–water partition coefficient (Wildman–Crippen LogP) is 10.5. The van der Waals surface area contributed by atoms with Crippen LogP contribution < -0.4 is 4.74 Å². The fourth-order valence-corrected chi connectivity index (χ4v) is 9.68. The molecule has 4 heteroatoms. The molecule has 0 aliphatic carbocycles. The van der Waals surface area contributed by atoms with Gasteiger partial charge in [0, 0.05) is 21.8 Å². The molecular formula is C34H18NO2P. The average Bonchev–Trinajstić information content (AvgIpc) is 2.97. The zero-order valence-electron chi connectivity index (χ0n) is 20.1. The third kappa shape index (κ3) is 2.16. The molecule has 0 saturated heterocycles. The topological polar surface area (TPSA) is 27.3 Å². The molecular weight excluding hydrogens is 485 g/mol. The molecule has 176 valence electrons. The summed E-state index contributed by atoms with van der Waals surface area (Å²) in [4.78, 5) is 0. The smallest absolute Gasteiger partial charge is 0.149 e. The van der Waals surface area contributed by atoms with Gasteiger partial charge in [-0.3, -0.25) is 0 Å². The first kappa shape index (κ1) is 19.4. The van der Waals surface area contributed by atoms with Crippen molar-refractivity contribution in [2.75, 3.05) is 0 Å². The van der Waals surface area contributed by atoms with E-state index in [-0.39, 0.29) is 0 Å². The molecule has 1 atom stereocenters. The molecule has 3 heterocycles. The van der Waals surface area contributed by atoms with E-state index in [0.717, 1.165) is 28.4 Å². The maximum Gasteiger partial charge on any atom is 0.149 e. The summed E-state index contributed by atoms with van der Waals surface area (Å²) >= 11 is 0. The Labute approximate surface area is 217 Å². The van der Waals surface area contributed by atoms with Crippen molar-refractivity contribution in [1.82, 2.24) is 4.57 Å². The lowest BCUT2D eigenvalue weighted by molar-refractivity contribution is 0.493. The van der Waals surface area contributed by atoms with Crippen LogP contribution in [-0.2, 0) is 0 Å². The molecule has 0 fully saturated rings. The van der Waals surface area contributed by atoms with Gasteiger partial charge in [-0.1, -0.05) is 74.1 Å². The summed E-state index contributed by atoms with van der Waals surface area (Å²) in [6, 6.07) is 39.1. The highest BCUT2D eigenvalue weighted by atomic mass is 31.1. The van der Waals surface area contributed by atoms with E-state index in [4.69, 9.17) is 9.15 Å². The zero-order valence-corrected chi connectivity index (χ0v) is 21.0. The maximum absolute atomic E-state index is 6.90. The highest BCUT2D eigenvalue weighted by molar-refractivity contribution is 7.63. The Kier molecular flexibility index (Phi) is 3.36. The third-order valence-electron chi connectivity index (χ3n) is 8.24. The Bertz CT molecular complexity index is 2460. The van der Waals surface area contributed by atoms with Gasteiger partial charge in [-0.25, -0.2) is 0 Å². The van der Waals surface area contributed by atoms with Crippen LogP contribution in [0.3, 0.4) is 0 Å². The minimum Gasteiger partial charge on any atom is -0.455 e. The van der Waals surface area contributed by atoms with Crippen molar-refractivity contribution in [1.29, 1.82) is 0 Å². The molecule has 0 spiro atoms. The molecule has 1 unspecified atom stereocenters. The molecule has 0 saturated carbocycles. The number of rotatable bonds is 1. The maximum atomic E-state index is 6.90. The van der Waals surface area contributed by atoms with Gasteiger partial charge in [-0.2, -0.15) is 0 Å². The van der Waals surface area contributed by atoms with Crippen molar-refractivity contribution in [2.24, 2.45) is 0 Å². The summed E-state index contributed by atoms with van der Waals surface area (Å²) in [6.07, 6.45) is 0. The predicted molar refractivity (Wildman–Crippen MR) is 159 cm³/mol. The zero-order chi connectivity index (χ0) is 24.5. The second kappa shape index (κ2) is 6.58. The van der Waals surface area contributed by atoms with E-state index < -0.39 is 7.34 Å². The second-order valence-electron chi connectivity index (χ2n) is 10.1. The van der Waals surface area contributed by atoms with E-state index in [1.807, 2.05) is 6.07 Å². The number of hydrogen-bond donors (Lipinski definition) is 0. The van der Waals surface area contributed by atoms with Crippen LogP contribution in [-0.4, -0.2) is 4.57 Å². The monoisotopic (exact) mass is 503 g/mol. The van der Waals surface area contributed by atoms with Gasteiger partial charge in [0.15, 0.2) is 0 Å². The number of benzene rings is 7. The number of aromatic nitrogens is 1. The lowest BCUT2D eigenvalue weighted by atomic mass is 9.93.